The van der Waals surface area contributed by atoms with E-state index in [1.165, 1.54) is 15.8 Å². The van der Waals surface area contributed by atoms with Gasteiger partial charge in [-0.25, -0.2) is 4.98 Å². The fourth-order valence-corrected chi connectivity index (χ4v) is 4.91. The van der Waals surface area contributed by atoms with Crippen LogP contribution in [0.2, 0.25) is 0 Å². The van der Waals surface area contributed by atoms with E-state index in [4.69, 9.17) is 0 Å². The molecule has 2 aromatic carbocycles. The van der Waals surface area contributed by atoms with Crippen molar-refractivity contribution in [1.82, 2.24) is 9.55 Å². The van der Waals surface area contributed by atoms with Crippen LogP contribution in [0.4, 0.5) is 17.1 Å². The number of aromatic nitrogens is 2. The van der Waals surface area contributed by atoms with E-state index in [1.807, 2.05) is 0 Å². The summed E-state index contributed by atoms with van der Waals surface area (Å²) in [6, 6.07) is 13.6. The fraction of sp³-hybridized carbons (Fsp3) is 0.125. The highest BCUT2D eigenvalue weighted by Gasteiger charge is 2.27. The maximum absolute atomic E-state index is 13.1. The van der Waals surface area contributed by atoms with Crippen LogP contribution in [0.3, 0.4) is 0 Å². The van der Waals surface area contributed by atoms with Crippen molar-refractivity contribution in [3.8, 4) is 0 Å². The van der Waals surface area contributed by atoms with Crippen molar-refractivity contribution in [2.24, 2.45) is 7.05 Å². The molecule has 2 aromatic heterocycles. The molecule has 34 heavy (non-hydrogen) atoms. The molecule has 2 N–H and O–H groups in total. The predicted octanol–water partition coefficient (Wildman–Crippen LogP) is 3.15. The second-order valence-corrected chi connectivity index (χ2v) is 8.88. The molecule has 0 fully saturated rings. The van der Waals surface area contributed by atoms with Gasteiger partial charge in [-0.05, 0) is 48.9 Å². The number of para-hydroxylation sites is 2. The van der Waals surface area contributed by atoms with E-state index in [1.54, 1.807) is 62.5 Å². The summed E-state index contributed by atoms with van der Waals surface area (Å²) in [4.78, 5) is 57.0. The number of hydrogen-bond acceptors (Lipinski definition) is 6. The summed E-state index contributed by atoms with van der Waals surface area (Å²) in [5.74, 6) is -0.940. The normalized spacial score (nSPS) is 12.9. The second kappa shape index (κ2) is 8.23. The van der Waals surface area contributed by atoms with E-state index < -0.39 is 0 Å². The molecule has 1 aliphatic heterocycles. The monoisotopic (exact) mass is 473 g/mol. The quantitative estimate of drug-likeness (QED) is 0.475. The average molecular weight is 474 g/mol. The van der Waals surface area contributed by atoms with Gasteiger partial charge in [0.25, 0.3) is 17.4 Å². The lowest BCUT2D eigenvalue weighted by atomic mass is 10.1. The summed E-state index contributed by atoms with van der Waals surface area (Å²) in [6.07, 6.45) is 1.43. The molecule has 3 heterocycles. The Kier molecular flexibility index (Phi) is 5.21. The average Bonchev–Trinajstić information content (AvgIpc) is 3.18. The van der Waals surface area contributed by atoms with E-state index in [0.717, 1.165) is 11.3 Å². The van der Waals surface area contributed by atoms with E-state index in [2.05, 4.69) is 15.6 Å². The van der Waals surface area contributed by atoms with Crippen LogP contribution in [-0.4, -0.2) is 33.8 Å². The lowest BCUT2D eigenvalue weighted by Gasteiger charge is -2.29. The fourth-order valence-electron chi connectivity index (χ4n) is 3.88. The minimum absolute atomic E-state index is 0.0763. The number of thiophene rings is 1. The van der Waals surface area contributed by atoms with Gasteiger partial charge in [0.15, 0.2) is 0 Å². The highest BCUT2D eigenvalue weighted by Crippen LogP contribution is 2.31. The van der Waals surface area contributed by atoms with Gasteiger partial charge in [0.05, 0.1) is 28.0 Å². The summed E-state index contributed by atoms with van der Waals surface area (Å²) < 4.78 is 1.38. The van der Waals surface area contributed by atoms with Crippen molar-refractivity contribution < 1.29 is 14.4 Å². The third-order valence-electron chi connectivity index (χ3n) is 5.62. The summed E-state index contributed by atoms with van der Waals surface area (Å²) >= 11 is 1.16. The highest BCUT2D eigenvalue weighted by atomic mass is 32.1. The van der Waals surface area contributed by atoms with Crippen molar-refractivity contribution >= 4 is 56.3 Å². The molecule has 0 radical (unpaired) electrons. The maximum atomic E-state index is 13.1. The molecule has 3 amide bonds. The number of rotatable bonds is 3. The van der Waals surface area contributed by atoms with Crippen molar-refractivity contribution in [2.45, 2.75) is 6.92 Å². The molecule has 10 heteroatoms. The summed E-state index contributed by atoms with van der Waals surface area (Å²) in [6.45, 7) is 1.65. The number of carbonyl (C=O) groups is 3. The van der Waals surface area contributed by atoms with Crippen molar-refractivity contribution in [3.05, 3.63) is 81.2 Å². The molecule has 0 saturated carbocycles. The zero-order valence-electron chi connectivity index (χ0n) is 18.3. The second-order valence-electron chi connectivity index (χ2n) is 7.89. The van der Waals surface area contributed by atoms with E-state index in [0.29, 0.717) is 43.3 Å². The molecule has 0 unspecified atom stereocenters. The predicted molar refractivity (Wildman–Crippen MR) is 131 cm³/mol. The molecular weight excluding hydrogens is 454 g/mol. The van der Waals surface area contributed by atoms with E-state index in [9.17, 15) is 19.2 Å². The van der Waals surface area contributed by atoms with Crippen LogP contribution < -0.4 is 21.1 Å². The number of nitrogens with zero attached hydrogens (tertiary/aromatic N) is 3. The Bertz CT molecular complexity index is 1540. The molecule has 0 saturated heterocycles. The Morgan fingerprint density at radius 1 is 1.09 bits per heavy atom. The third-order valence-corrected chi connectivity index (χ3v) is 6.82. The lowest BCUT2D eigenvalue weighted by molar-refractivity contribution is -0.115. The van der Waals surface area contributed by atoms with Crippen LogP contribution in [0.15, 0.2) is 59.7 Å². The molecule has 1 aliphatic rings. The number of fused-ring (bicyclic) bond motifs is 2. The molecule has 170 valence electrons. The number of benzene rings is 2. The van der Waals surface area contributed by atoms with Gasteiger partial charge >= 0.3 is 0 Å². The molecule has 0 bridgehead atoms. The van der Waals surface area contributed by atoms with Crippen molar-refractivity contribution in [2.75, 3.05) is 22.1 Å². The van der Waals surface area contributed by atoms with Crippen LogP contribution in [0.5, 0.6) is 0 Å². The topological polar surface area (TPSA) is 113 Å². The van der Waals surface area contributed by atoms with Gasteiger partial charge in [-0.1, -0.05) is 12.1 Å². The third kappa shape index (κ3) is 3.63. The number of amides is 3. The standard InChI is InChI=1S/C24H19N5O4S/c1-13-19-22(25-12-28(2)24(19)33)34-20(13)21(31)26-15-9-7-14(8-10-15)23(32)29-11-18(30)27-16-5-3-4-6-17(16)29/h3-10,12H,11H2,1-2H3,(H,26,31)(H,27,30). The van der Waals surface area contributed by atoms with Gasteiger partial charge in [0.1, 0.15) is 11.4 Å². The first-order valence-electron chi connectivity index (χ1n) is 10.4. The number of hydrogen-bond donors (Lipinski definition) is 2. The molecule has 5 rings (SSSR count). The summed E-state index contributed by atoms with van der Waals surface area (Å²) in [7, 11) is 1.61. The zero-order valence-corrected chi connectivity index (χ0v) is 19.1. The van der Waals surface area contributed by atoms with Gasteiger partial charge < -0.3 is 15.2 Å². The van der Waals surface area contributed by atoms with Crippen LogP contribution >= 0.6 is 11.3 Å². The van der Waals surface area contributed by atoms with Gasteiger partial charge in [-0.15, -0.1) is 11.3 Å². The summed E-state index contributed by atoms with van der Waals surface area (Å²) in [5, 5.41) is 6.00. The molecule has 0 aliphatic carbocycles. The van der Waals surface area contributed by atoms with Crippen LogP contribution in [0.25, 0.3) is 10.2 Å². The number of anilines is 3. The molecule has 4 aromatic rings. The Labute approximate surface area is 197 Å². The largest absolute Gasteiger partial charge is 0.323 e. The minimum Gasteiger partial charge on any atom is -0.323 e. The number of nitrogens with one attached hydrogen (secondary N) is 2. The number of aryl methyl sites for hydroxylation is 2. The summed E-state index contributed by atoms with van der Waals surface area (Å²) in [5.41, 5.74) is 2.47. The Balaban J connectivity index is 1.37. The SMILES string of the molecule is Cc1c(C(=O)Nc2ccc(C(=O)N3CC(=O)Nc4ccccc43)cc2)sc2ncn(C)c(=O)c12. The van der Waals surface area contributed by atoms with Crippen LogP contribution in [0.1, 0.15) is 25.6 Å². The first kappa shape index (κ1) is 21.5. The number of carbonyl (C=O) groups excluding carboxylic acids is 3. The van der Waals surface area contributed by atoms with Gasteiger partial charge in [0.2, 0.25) is 5.91 Å². The Hall–Kier alpha value is -4.31. The smallest absolute Gasteiger partial charge is 0.266 e. The van der Waals surface area contributed by atoms with E-state index in [-0.39, 0.29) is 29.8 Å². The maximum Gasteiger partial charge on any atom is 0.266 e. The van der Waals surface area contributed by atoms with Crippen LogP contribution in [-0.2, 0) is 11.8 Å². The molecule has 0 spiro atoms. The van der Waals surface area contributed by atoms with Crippen LogP contribution in [0, 0.1) is 6.92 Å². The first-order valence-corrected chi connectivity index (χ1v) is 11.2. The van der Waals surface area contributed by atoms with E-state index >= 15 is 0 Å². The Morgan fingerprint density at radius 2 is 1.82 bits per heavy atom. The molecule has 0 atom stereocenters. The molecule has 9 nitrogen and oxygen atoms in total. The van der Waals surface area contributed by atoms with Gasteiger partial charge in [-0.2, -0.15) is 0 Å². The van der Waals surface area contributed by atoms with Gasteiger partial charge in [-0.3, -0.25) is 24.1 Å². The van der Waals surface area contributed by atoms with Crippen molar-refractivity contribution in [1.29, 1.82) is 0 Å². The lowest BCUT2D eigenvalue weighted by Crippen LogP contribution is -2.42. The first-order chi connectivity index (χ1) is 16.3. The van der Waals surface area contributed by atoms with Gasteiger partial charge in [0, 0.05) is 18.3 Å². The zero-order chi connectivity index (χ0) is 24.0. The highest BCUT2D eigenvalue weighted by molar-refractivity contribution is 7.20. The van der Waals surface area contributed by atoms with Crippen molar-refractivity contribution in [3.63, 3.8) is 0 Å². The Morgan fingerprint density at radius 3 is 2.59 bits per heavy atom. The molecular formula is C24H19N5O4S. The minimum atomic E-state index is -0.358.